The van der Waals surface area contributed by atoms with E-state index in [2.05, 4.69) is 15.5 Å². The first kappa shape index (κ1) is 15.6. The molecule has 1 aromatic carbocycles. The van der Waals surface area contributed by atoms with Crippen molar-refractivity contribution in [3.63, 3.8) is 0 Å². The summed E-state index contributed by atoms with van der Waals surface area (Å²) in [5.41, 5.74) is 0.718. The number of anilines is 1. The highest BCUT2D eigenvalue weighted by Gasteiger charge is 2.29. The van der Waals surface area contributed by atoms with Crippen molar-refractivity contribution in [3.05, 3.63) is 18.2 Å². The number of fused-ring (bicyclic) bond motifs is 1. The lowest BCUT2D eigenvalue weighted by Gasteiger charge is -2.23. The SMILES string of the molecule is O=C(NC[C@H]1CCN(C2CCCC2)C1)Nc1ccc2c(c1)OCO2. The molecule has 1 saturated carbocycles. The largest absolute Gasteiger partial charge is 0.454 e. The molecule has 130 valence electrons. The fourth-order valence-electron chi connectivity index (χ4n) is 4.02. The van der Waals surface area contributed by atoms with Gasteiger partial charge >= 0.3 is 6.03 Å². The number of rotatable bonds is 4. The number of urea groups is 1. The number of hydrogen-bond donors (Lipinski definition) is 2. The maximum absolute atomic E-state index is 12.1. The molecule has 6 nitrogen and oxygen atoms in total. The van der Waals surface area contributed by atoms with Crippen molar-refractivity contribution in [2.75, 3.05) is 31.7 Å². The predicted molar refractivity (Wildman–Crippen MR) is 91.5 cm³/mol. The summed E-state index contributed by atoms with van der Waals surface area (Å²) in [5, 5.41) is 5.87. The van der Waals surface area contributed by atoms with Gasteiger partial charge in [0.15, 0.2) is 11.5 Å². The molecule has 24 heavy (non-hydrogen) atoms. The normalized spacial score (nSPS) is 23.6. The van der Waals surface area contributed by atoms with Crippen LogP contribution in [0.5, 0.6) is 11.5 Å². The third-order valence-electron chi connectivity index (χ3n) is 5.34. The van der Waals surface area contributed by atoms with E-state index in [1.165, 1.54) is 38.6 Å². The first-order valence-electron chi connectivity index (χ1n) is 8.96. The number of carbonyl (C=O) groups is 1. The van der Waals surface area contributed by atoms with Crippen LogP contribution in [0.1, 0.15) is 32.1 Å². The van der Waals surface area contributed by atoms with Crippen LogP contribution in [0.25, 0.3) is 0 Å². The highest BCUT2D eigenvalue weighted by molar-refractivity contribution is 5.89. The quantitative estimate of drug-likeness (QED) is 0.890. The number of nitrogens with zero attached hydrogens (tertiary/aromatic N) is 1. The third-order valence-corrected chi connectivity index (χ3v) is 5.34. The molecule has 1 saturated heterocycles. The Labute approximate surface area is 142 Å². The lowest BCUT2D eigenvalue weighted by Crippen LogP contribution is -2.35. The molecular weight excluding hydrogens is 306 g/mol. The average molecular weight is 331 g/mol. The summed E-state index contributed by atoms with van der Waals surface area (Å²) in [6, 6.07) is 6.06. The number of nitrogens with one attached hydrogen (secondary N) is 2. The van der Waals surface area contributed by atoms with E-state index >= 15 is 0 Å². The summed E-state index contributed by atoms with van der Waals surface area (Å²) < 4.78 is 10.6. The lowest BCUT2D eigenvalue weighted by molar-refractivity contribution is 0.174. The van der Waals surface area contributed by atoms with Gasteiger partial charge in [-0.2, -0.15) is 0 Å². The molecule has 0 unspecified atom stereocenters. The fourth-order valence-corrected chi connectivity index (χ4v) is 4.02. The highest BCUT2D eigenvalue weighted by Crippen LogP contribution is 2.34. The van der Waals surface area contributed by atoms with Gasteiger partial charge in [0, 0.05) is 30.9 Å². The number of ether oxygens (including phenoxy) is 2. The van der Waals surface area contributed by atoms with E-state index in [1.807, 2.05) is 12.1 Å². The molecule has 2 N–H and O–H groups in total. The molecule has 0 spiro atoms. The van der Waals surface area contributed by atoms with Crippen molar-refractivity contribution in [1.82, 2.24) is 10.2 Å². The standard InChI is InChI=1S/C18H25N3O3/c22-18(20-14-5-6-16-17(9-14)24-12-23-16)19-10-13-7-8-21(11-13)15-3-1-2-4-15/h5-6,9,13,15H,1-4,7-8,10-12H2,(H2,19,20,22)/t13-/m1/s1. The van der Waals surface area contributed by atoms with Gasteiger partial charge in [-0.05, 0) is 43.9 Å². The van der Waals surface area contributed by atoms with E-state index in [4.69, 9.17) is 9.47 Å². The second-order valence-corrected chi connectivity index (χ2v) is 6.99. The molecular formula is C18H25N3O3. The molecule has 2 fully saturated rings. The summed E-state index contributed by atoms with van der Waals surface area (Å²) in [6.07, 6.45) is 6.64. The minimum atomic E-state index is -0.159. The Morgan fingerprint density at radius 1 is 1.17 bits per heavy atom. The zero-order chi connectivity index (χ0) is 16.4. The van der Waals surface area contributed by atoms with E-state index in [0.717, 1.165) is 30.6 Å². The second kappa shape index (κ2) is 6.89. The number of carbonyl (C=O) groups excluding carboxylic acids is 1. The zero-order valence-electron chi connectivity index (χ0n) is 13.9. The van der Waals surface area contributed by atoms with E-state index in [0.29, 0.717) is 11.7 Å². The van der Waals surface area contributed by atoms with Crippen molar-refractivity contribution >= 4 is 11.7 Å². The van der Waals surface area contributed by atoms with Crippen LogP contribution in [0.4, 0.5) is 10.5 Å². The summed E-state index contributed by atoms with van der Waals surface area (Å²) >= 11 is 0. The van der Waals surface area contributed by atoms with Crippen LogP contribution >= 0.6 is 0 Å². The Morgan fingerprint density at radius 3 is 2.88 bits per heavy atom. The van der Waals surface area contributed by atoms with Crippen LogP contribution in [-0.2, 0) is 0 Å². The first-order valence-corrected chi connectivity index (χ1v) is 8.96. The number of likely N-dealkylation sites (tertiary alicyclic amines) is 1. The number of hydrogen-bond acceptors (Lipinski definition) is 4. The van der Waals surface area contributed by atoms with Crippen LogP contribution in [-0.4, -0.2) is 43.4 Å². The lowest BCUT2D eigenvalue weighted by atomic mass is 10.1. The molecule has 1 aromatic rings. The number of benzene rings is 1. The van der Waals surface area contributed by atoms with Gasteiger partial charge in [0.25, 0.3) is 0 Å². The Bertz CT molecular complexity index is 601. The number of amides is 2. The fraction of sp³-hybridized carbons (Fsp3) is 0.611. The van der Waals surface area contributed by atoms with E-state index in [-0.39, 0.29) is 12.8 Å². The molecule has 0 radical (unpaired) electrons. The van der Waals surface area contributed by atoms with Crippen molar-refractivity contribution < 1.29 is 14.3 Å². The molecule has 3 aliphatic rings. The van der Waals surface area contributed by atoms with Gasteiger partial charge in [-0.1, -0.05) is 12.8 Å². The monoisotopic (exact) mass is 331 g/mol. The summed E-state index contributed by atoms with van der Waals surface area (Å²) in [7, 11) is 0. The summed E-state index contributed by atoms with van der Waals surface area (Å²) in [5.74, 6) is 1.96. The van der Waals surface area contributed by atoms with Crippen LogP contribution in [0.3, 0.4) is 0 Å². The van der Waals surface area contributed by atoms with Gasteiger partial charge < -0.3 is 25.0 Å². The van der Waals surface area contributed by atoms with Gasteiger partial charge in [-0.15, -0.1) is 0 Å². The van der Waals surface area contributed by atoms with Crippen LogP contribution < -0.4 is 20.1 Å². The van der Waals surface area contributed by atoms with Gasteiger partial charge in [-0.25, -0.2) is 4.79 Å². The van der Waals surface area contributed by atoms with Crippen molar-refractivity contribution in [3.8, 4) is 11.5 Å². The molecule has 0 aromatic heterocycles. The Hall–Kier alpha value is -1.95. The molecule has 1 aliphatic carbocycles. The third kappa shape index (κ3) is 3.43. The molecule has 1 atom stereocenters. The molecule has 2 amide bonds. The van der Waals surface area contributed by atoms with Crippen LogP contribution in [0.2, 0.25) is 0 Å². The van der Waals surface area contributed by atoms with Crippen molar-refractivity contribution in [2.45, 2.75) is 38.1 Å². The molecule has 4 rings (SSSR count). The zero-order valence-corrected chi connectivity index (χ0v) is 13.9. The van der Waals surface area contributed by atoms with E-state index < -0.39 is 0 Å². The first-order chi connectivity index (χ1) is 11.8. The minimum absolute atomic E-state index is 0.159. The van der Waals surface area contributed by atoms with Crippen LogP contribution in [0.15, 0.2) is 18.2 Å². The second-order valence-electron chi connectivity index (χ2n) is 6.99. The topological polar surface area (TPSA) is 62.8 Å². The van der Waals surface area contributed by atoms with Crippen molar-refractivity contribution in [1.29, 1.82) is 0 Å². The highest BCUT2D eigenvalue weighted by atomic mass is 16.7. The Kier molecular flexibility index (Phi) is 4.47. The van der Waals surface area contributed by atoms with Gasteiger partial charge in [-0.3, -0.25) is 0 Å². The molecule has 2 aliphatic heterocycles. The van der Waals surface area contributed by atoms with Gasteiger partial charge in [0.1, 0.15) is 0 Å². The van der Waals surface area contributed by atoms with Crippen molar-refractivity contribution in [2.24, 2.45) is 5.92 Å². The summed E-state index contributed by atoms with van der Waals surface area (Å²) in [6.45, 7) is 3.28. The van der Waals surface area contributed by atoms with E-state index in [9.17, 15) is 4.79 Å². The average Bonchev–Trinajstić information content (AvgIpc) is 3.32. The van der Waals surface area contributed by atoms with Gasteiger partial charge in [0.2, 0.25) is 6.79 Å². The summed E-state index contributed by atoms with van der Waals surface area (Å²) in [4.78, 5) is 14.7. The van der Waals surface area contributed by atoms with Crippen LogP contribution in [0, 0.1) is 5.92 Å². The smallest absolute Gasteiger partial charge is 0.319 e. The maximum Gasteiger partial charge on any atom is 0.319 e. The molecule has 2 heterocycles. The molecule has 6 heteroatoms. The maximum atomic E-state index is 12.1. The van der Waals surface area contributed by atoms with Gasteiger partial charge in [0.05, 0.1) is 0 Å². The van der Waals surface area contributed by atoms with E-state index in [1.54, 1.807) is 6.07 Å². The minimum Gasteiger partial charge on any atom is -0.454 e. The Morgan fingerprint density at radius 2 is 2.00 bits per heavy atom. The molecule has 0 bridgehead atoms. The predicted octanol–water partition coefficient (Wildman–Crippen LogP) is 2.80. The Balaban J connectivity index is 1.22.